The molecular formula is C26H42FN2O6Si+. The molecule has 0 spiro atoms. The number of rotatable bonds is 7. The van der Waals surface area contributed by atoms with E-state index in [1.807, 2.05) is 27.7 Å². The van der Waals surface area contributed by atoms with Crippen LogP contribution in [-0.4, -0.2) is 68.3 Å². The largest absolute Gasteiger partial charge is 0.444 e. The van der Waals surface area contributed by atoms with Gasteiger partial charge in [-0.1, -0.05) is 32.9 Å². The van der Waals surface area contributed by atoms with Crippen molar-refractivity contribution in [1.29, 1.82) is 0 Å². The van der Waals surface area contributed by atoms with Gasteiger partial charge in [-0.15, -0.1) is 0 Å². The zero-order valence-electron chi connectivity index (χ0n) is 23.3. The van der Waals surface area contributed by atoms with E-state index in [0.717, 1.165) is 0 Å². The van der Waals surface area contributed by atoms with Crippen LogP contribution in [0.2, 0.25) is 18.1 Å². The summed E-state index contributed by atoms with van der Waals surface area (Å²) in [6.07, 6.45) is 1.74. The number of hydrogen-bond acceptors (Lipinski definition) is 6. The number of ether oxygens (including phenoxy) is 2. The van der Waals surface area contributed by atoms with Gasteiger partial charge < -0.3 is 13.9 Å². The molecule has 1 aliphatic rings. The molecule has 1 saturated heterocycles. The molecule has 36 heavy (non-hydrogen) atoms. The molecule has 3 atom stereocenters. The quantitative estimate of drug-likeness (QED) is 0.310. The number of halogens is 1. The number of hydrogen-bond donors (Lipinski definition) is 0. The van der Waals surface area contributed by atoms with Crippen molar-refractivity contribution in [1.82, 2.24) is 4.90 Å². The van der Waals surface area contributed by atoms with Crippen molar-refractivity contribution in [2.24, 2.45) is 0 Å². The Balaban J connectivity index is 2.32. The van der Waals surface area contributed by atoms with Gasteiger partial charge in [0, 0.05) is 6.07 Å². The van der Waals surface area contributed by atoms with Gasteiger partial charge in [0.05, 0.1) is 41.9 Å². The maximum atomic E-state index is 14.5. The SMILES string of the molecule is CO[N+](=O)c1cccc(F)c1C=CC1CN(C(=O)OC(C)(C)C)C(CO[Si](C)(C)C(C)(C)C)C(C)O1. The molecule has 202 valence electrons. The molecule has 1 aromatic carbocycles. The van der Waals surface area contributed by atoms with E-state index in [9.17, 15) is 14.1 Å². The topological polar surface area (TPSA) is 77.3 Å². The predicted octanol–water partition coefficient (Wildman–Crippen LogP) is 6.23. The van der Waals surface area contributed by atoms with E-state index in [0.29, 0.717) is 6.61 Å². The third-order valence-corrected chi connectivity index (χ3v) is 11.1. The summed E-state index contributed by atoms with van der Waals surface area (Å²) in [6, 6.07) is 3.80. The summed E-state index contributed by atoms with van der Waals surface area (Å²) in [5.41, 5.74) is -0.575. The Labute approximate surface area is 215 Å². The lowest BCUT2D eigenvalue weighted by Gasteiger charge is -2.45. The molecule has 1 aromatic rings. The Kier molecular flexibility index (Phi) is 9.47. The van der Waals surface area contributed by atoms with E-state index in [1.54, 1.807) is 11.0 Å². The van der Waals surface area contributed by atoms with Gasteiger partial charge in [0.15, 0.2) is 15.4 Å². The minimum Gasteiger partial charge on any atom is -0.444 e. The first-order valence-electron chi connectivity index (χ1n) is 12.2. The smallest absolute Gasteiger partial charge is 0.410 e. The highest BCUT2D eigenvalue weighted by atomic mass is 28.4. The van der Waals surface area contributed by atoms with Gasteiger partial charge in [-0.3, -0.25) is 4.90 Å². The summed E-state index contributed by atoms with van der Waals surface area (Å²) in [5.74, 6) is -0.574. The fourth-order valence-electron chi connectivity index (χ4n) is 3.52. The number of carbonyl (C=O) groups is 1. The second kappa shape index (κ2) is 11.4. The molecular weight excluding hydrogens is 483 g/mol. The Morgan fingerprint density at radius 1 is 1.25 bits per heavy atom. The number of benzene rings is 1. The minimum atomic E-state index is -2.07. The highest BCUT2D eigenvalue weighted by molar-refractivity contribution is 6.74. The lowest BCUT2D eigenvalue weighted by Crippen LogP contribution is -2.59. The fraction of sp³-hybridized carbons (Fsp3) is 0.654. The lowest BCUT2D eigenvalue weighted by molar-refractivity contribution is -0.736. The molecule has 3 unspecified atom stereocenters. The van der Waals surface area contributed by atoms with Crippen LogP contribution in [0.15, 0.2) is 24.3 Å². The van der Waals surface area contributed by atoms with Crippen LogP contribution in [-0.2, 0) is 18.7 Å². The molecule has 8 nitrogen and oxygen atoms in total. The van der Waals surface area contributed by atoms with Gasteiger partial charge in [-0.05, 0) is 58.0 Å². The minimum absolute atomic E-state index is 0.0168. The Bertz CT molecular complexity index is 970. The van der Waals surface area contributed by atoms with E-state index in [4.69, 9.17) is 18.7 Å². The molecule has 0 radical (unpaired) electrons. The van der Waals surface area contributed by atoms with Gasteiger partial charge in [0.25, 0.3) is 4.92 Å². The summed E-state index contributed by atoms with van der Waals surface area (Å²) in [6.45, 7) is 18.7. The number of morpholine rings is 1. The second-order valence-corrected chi connectivity index (χ2v) is 16.4. The maximum Gasteiger partial charge on any atom is 0.410 e. The van der Waals surface area contributed by atoms with Gasteiger partial charge in [-0.2, -0.15) is 0 Å². The second-order valence-electron chi connectivity index (χ2n) is 11.6. The molecule has 10 heteroatoms. The van der Waals surface area contributed by atoms with Crippen molar-refractivity contribution in [2.75, 3.05) is 20.3 Å². The van der Waals surface area contributed by atoms with Gasteiger partial charge in [-0.25, -0.2) is 14.0 Å². The standard InChI is InChI=1S/C26H42FN2O6Si/c1-18-23(17-33-36(9,10)26(5,6)7)28(24(30)35-25(2,3)4)16-19(34-18)14-15-20-21(27)12-11-13-22(20)29(31)32-8/h11-15,18-19,23H,16-17H2,1-10H3/q+1. The van der Waals surface area contributed by atoms with Crippen LogP contribution in [0.1, 0.15) is 54.0 Å². The number of carbonyl (C=O) groups excluding carboxylic acids is 1. The summed E-state index contributed by atoms with van der Waals surface area (Å²) in [5, 5.41) is 0.0168. The first-order chi connectivity index (χ1) is 16.5. The zero-order valence-corrected chi connectivity index (χ0v) is 24.3. The lowest BCUT2D eigenvalue weighted by atomic mass is 10.1. The van der Waals surface area contributed by atoms with Gasteiger partial charge >= 0.3 is 11.8 Å². The van der Waals surface area contributed by atoms with E-state index in [2.05, 4.69) is 33.9 Å². The molecule has 0 aliphatic carbocycles. The van der Waals surface area contributed by atoms with Crippen molar-refractivity contribution < 1.29 is 32.8 Å². The molecule has 1 heterocycles. The van der Waals surface area contributed by atoms with Gasteiger partial charge in [0.2, 0.25) is 0 Å². The maximum absolute atomic E-state index is 14.5. The van der Waals surface area contributed by atoms with Crippen LogP contribution in [0.5, 0.6) is 0 Å². The summed E-state index contributed by atoms with van der Waals surface area (Å²) in [4.78, 5) is 31.8. The molecule has 1 fully saturated rings. The number of nitrogens with zero attached hydrogens (tertiary/aromatic N) is 2. The summed E-state index contributed by atoms with van der Waals surface area (Å²) >= 11 is 0. The van der Waals surface area contributed by atoms with Gasteiger partial charge in [0.1, 0.15) is 11.4 Å². The van der Waals surface area contributed by atoms with E-state index >= 15 is 0 Å². The molecule has 0 aromatic heterocycles. The average molecular weight is 526 g/mol. The van der Waals surface area contributed by atoms with Crippen molar-refractivity contribution in [3.63, 3.8) is 0 Å². The van der Waals surface area contributed by atoms with Crippen molar-refractivity contribution in [3.05, 3.63) is 40.6 Å². The van der Waals surface area contributed by atoms with E-state index < -0.39 is 31.9 Å². The molecule has 1 aliphatic heterocycles. The first kappa shape index (κ1) is 29.9. The fourth-order valence-corrected chi connectivity index (χ4v) is 4.54. The summed E-state index contributed by atoms with van der Waals surface area (Å²) < 4.78 is 32.9. The Morgan fingerprint density at radius 3 is 2.44 bits per heavy atom. The Hall–Kier alpha value is -2.30. The zero-order chi connectivity index (χ0) is 27.5. The molecule has 1 amide bonds. The monoisotopic (exact) mass is 525 g/mol. The van der Waals surface area contributed by atoms with E-state index in [-0.39, 0.29) is 39.9 Å². The van der Waals surface area contributed by atoms with Crippen molar-refractivity contribution in [2.45, 2.75) is 90.4 Å². The van der Waals surface area contributed by atoms with Crippen LogP contribution in [0.4, 0.5) is 14.9 Å². The molecule has 2 rings (SSSR count). The first-order valence-corrected chi connectivity index (χ1v) is 15.1. The third-order valence-electron chi connectivity index (χ3n) is 6.63. The molecule has 0 bridgehead atoms. The highest BCUT2D eigenvalue weighted by Gasteiger charge is 2.42. The average Bonchev–Trinajstić information content (AvgIpc) is 2.74. The molecule has 0 saturated carbocycles. The normalized spacial score (nSPS) is 21.5. The van der Waals surface area contributed by atoms with Crippen LogP contribution in [0.25, 0.3) is 6.08 Å². The number of amides is 1. The predicted molar refractivity (Wildman–Crippen MR) is 140 cm³/mol. The van der Waals surface area contributed by atoms with E-state index in [1.165, 1.54) is 31.4 Å². The Morgan fingerprint density at radius 2 is 1.89 bits per heavy atom. The molecule has 0 N–H and O–H groups in total. The highest BCUT2D eigenvalue weighted by Crippen LogP contribution is 2.37. The van der Waals surface area contributed by atoms with Crippen molar-refractivity contribution >= 4 is 26.2 Å². The van der Waals surface area contributed by atoms with Crippen molar-refractivity contribution in [3.8, 4) is 0 Å². The van der Waals surface area contributed by atoms with Crippen LogP contribution < -0.4 is 0 Å². The third kappa shape index (κ3) is 7.60. The summed E-state index contributed by atoms with van der Waals surface area (Å²) in [7, 11) is -0.859. The van der Waals surface area contributed by atoms with Crippen LogP contribution in [0.3, 0.4) is 0 Å². The van der Waals surface area contributed by atoms with Crippen LogP contribution in [0, 0.1) is 10.7 Å². The van der Waals surface area contributed by atoms with Crippen LogP contribution >= 0.6 is 0 Å².